The number of hydrogen-bond acceptors (Lipinski definition) is 2. The number of halogens is 1. The van der Waals surface area contributed by atoms with Gasteiger partial charge >= 0.3 is 0 Å². The van der Waals surface area contributed by atoms with Gasteiger partial charge in [-0.3, -0.25) is 0 Å². The molecule has 3 heteroatoms. The molecular weight excluding hydrogens is 215 g/mol. The van der Waals surface area contributed by atoms with Gasteiger partial charge in [0.1, 0.15) is 5.82 Å². The van der Waals surface area contributed by atoms with Crippen molar-refractivity contribution in [3.63, 3.8) is 0 Å². The highest BCUT2D eigenvalue weighted by Gasteiger charge is 2.12. The molecule has 94 valence electrons. The molecule has 1 aromatic rings. The van der Waals surface area contributed by atoms with Crippen molar-refractivity contribution in [2.24, 2.45) is 0 Å². The van der Waals surface area contributed by atoms with Crippen LogP contribution < -0.4 is 10.6 Å². The number of rotatable bonds is 5. The van der Waals surface area contributed by atoms with Crippen LogP contribution in [0.3, 0.4) is 0 Å². The van der Waals surface area contributed by atoms with Crippen molar-refractivity contribution in [3.8, 4) is 0 Å². The Balaban J connectivity index is 1.68. The molecule has 1 atom stereocenters. The Hall–Kier alpha value is -0.930. The summed E-state index contributed by atoms with van der Waals surface area (Å²) in [7, 11) is 0. The van der Waals surface area contributed by atoms with Crippen LogP contribution in [0.4, 0.5) is 4.39 Å². The fraction of sp³-hybridized carbons (Fsp3) is 0.571. The summed E-state index contributed by atoms with van der Waals surface area (Å²) in [5.41, 5.74) is 1.94. The van der Waals surface area contributed by atoms with Crippen LogP contribution in [0.1, 0.15) is 24.0 Å². The average Bonchev–Trinajstić information content (AvgIpc) is 2.82. The van der Waals surface area contributed by atoms with Crippen LogP contribution in [0.2, 0.25) is 0 Å². The molecule has 2 N–H and O–H groups in total. The summed E-state index contributed by atoms with van der Waals surface area (Å²) in [5.74, 6) is -0.114. The molecular formula is C14H21FN2. The van der Waals surface area contributed by atoms with Crippen molar-refractivity contribution < 1.29 is 4.39 Å². The van der Waals surface area contributed by atoms with Gasteiger partial charge in [0, 0.05) is 12.6 Å². The van der Waals surface area contributed by atoms with E-state index < -0.39 is 0 Å². The molecule has 1 aromatic carbocycles. The average molecular weight is 236 g/mol. The standard InChI is InChI=1S/C14H21FN2/c1-11-9-12(4-5-14(11)15)6-8-16-10-13-3-2-7-17-13/h4-5,9,13,16-17H,2-3,6-8,10H2,1H3. The van der Waals surface area contributed by atoms with E-state index in [2.05, 4.69) is 10.6 Å². The second-order valence-electron chi connectivity index (χ2n) is 4.83. The van der Waals surface area contributed by atoms with Crippen molar-refractivity contribution in [1.29, 1.82) is 0 Å². The van der Waals surface area contributed by atoms with Crippen molar-refractivity contribution in [1.82, 2.24) is 10.6 Å². The van der Waals surface area contributed by atoms with Crippen LogP contribution in [0, 0.1) is 12.7 Å². The second-order valence-corrected chi connectivity index (χ2v) is 4.83. The summed E-state index contributed by atoms with van der Waals surface area (Å²) in [6, 6.07) is 6.01. The highest BCUT2D eigenvalue weighted by molar-refractivity contribution is 5.24. The lowest BCUT2D eigenvalue weighted by Crippen LogP contribution is -2.34. The normalized spacial score (nSPS) is 19.8. The molecule has 1 fully saturated rings. The Morgan fingerprint density at radius 2 is 2.35 bits per heavy atom. The molecule has 0 bridgehead atoms. The van der Waals surface area contributed by atoms with E-state index in [1.54, 1.807) is 6.07 Å². The van der Waals surface area contributed by atoms with E-state index in [1.165, 1.54) is 18.4 Å². The second kappa shape index (κ2) is 6.12. The Bertz CT molecular complexity index is 359. The van der Waals surface area contributed by atoms with Gasteiger partial charge in [-0.2, -0.15) is 0 Å². The molecule has 0 amide bonds. The number of benzene rings is 1. The van der Waals surface area contributed by atoms with Gasteiger partial charge in [0.05, 0.1) is 0 Å². The highest BCUT2D eigenvalue weighted by atomic mass is 19.1. The minimum absolute atomic E-state index is 0.114. The van der Waals surface area contributed by atoms with Gasteiger partial charge in [-0.25, -0.2) is 4.39 Å². The predicted molar refractivity (Wildman–Crippen MR) is 68.7 cm³/mol. The number of hydrogen-bond donors (Lipinski definition) is 2. The van der Waals surface area contributed by atoms with Gasteiger partial charge < -0.3 is 10.6 Å². The monoisotopic (exact) mass is 236 g/mol. The largest absolute Gasteiger partial charge is 0.315 e. The van der Waals surface area contributed by atoms with E-state index in [9.17, 15) is 4.39 Å². The first-order chi connectivity index (χ1) is 8.25. The maximum atomic E-state index is 13.1. The Kier molecular flexibility index (Phi) is 4.51. The summed E-state index contributed by atoms with van der Waals surface area (Å²) >= 11 is 0. The predicted octanol–water partition coefficient (Wildman–Crippen LogP) is 2.02. The van der Waals surface area contributed by atoms with Crippen LogP contribution in [0.5, 0.6) is 0 Å². The molecule has 0 aromatic heterocycles. The van der Waals surface area contributed by atoms with Crippen LogP contribution in [0.25, 0.3) is 0 Å². The molecule has 1 heterocycles. The fourth-order valence-corrected chi connectivity index (χ4v) is 2.30. The van der Waals surface area contributed by atoms with E-state index in [1.807, 2.05) is 19.1 Å². The van der Waals surface area contributed by atoms with Gasteiger partial charge in [-0.1, -0.05) is 12.1 Å². The molecule has 1 unspecified atom stereocenters. The molecule has 1 saturated heterocycles. The minimum Gasteiger partial charge on any atom is -0.315 e. The van der Waals surface area contributed by atoms with Gasteiger partial charge in [-0.05, 0) is 56.5 Å². The molecule has 1 aliphatic rings. The van der Waals surface area contributed by atoms with Crippen LogP contribution in [-0.2, 0) is 6.42 Å². The lowest BCUT2D eigenvalue weighted by molar-refractivity contribution is 0.537. The van der Waals surface area contributed by atoms with E-state index in [-0.39, 0.29) is 5.82 Å². The fourth-order valence-electron chi connectivity index (χ4n) is 2.30. The van der Waals surface area contributed by atoms with Crippen molar-refractivity contribution >= 4 is 0 Å². The zero-order chi connectivity index (χ0) is 12.1. The van der Waals surface area contributed by atoms with Gasteiger partial charge in [0.15, 0.2) is 0 Å². The molecule has 17 heavy (non-hydrogen) atoms. The number of nitrogens with one attached hydrogen (secondary N) is 2. The minimum atomic E-state index is -0.114. The van der Waals surface area contributed by atoms with Crippen molar-refractivity contribution in [2.45, 2.75) is 32.2 Å². The van der Waals surface area contributed by atoms with Crippen molar-refractivity contribution in [3.05, 3.63) is 35.1 Å². The lowest BCUT2D eigenvalue weighted by atomic mass is 10.1. The lowest BCUT2D eigenvalue weighted by Gasteiger charge is -2.11. The molecule has 2 nitrogen and oxygen atoms in total. The van der Waals surface area contributed by atoms with Gasteiger partial charge in [0.25, 0.3) is 0 Å². The van der Waals surface area contributed by atoms with E-state index in [4.69, 9.17) is 0 Å². The van der Waals surface area contributed by atoms with Crippen LogP contribution >= 0.6 is 0 Å². The smallest absolute Gasteiger partial charge is 0.126 e. The van der Waals surface area contributed by atoms with Gasteiger partial charge in [0.2, 0.25) is 0 Å². The summed E-state index contributed by atoms with van der Waals surface area (Å²) in [6.45, 7) is 4.97. The molecule has 0 aliphatic carbocycles. The topological polar surface area (TPSA) is 24.1 Å². The van der Waals surface area contributed by atoms with Crippen LogP contribution in [-0.4, -0.2) is 25.7 Å². The van der Waals surface area contributed by atoms with Crippen LogP contribution in [0.15, 0.2) is 18.2 Å². The molecule has 0 saturated carbocycles. The summed E-state index contributed by atoms with van der Waals surface area (Å²) in [6.07, 6.45) is 3.54. The molecule has 0 spiro atoms. The number of aryl methyl sites for hydroxylation is 1. The third-order valence-electron chi connectivity index (χ3n) is 3.37. The quantitative estimate of drug-likeness (QED) is 0.764. The first-order valence-electron chi connectivity index (χ1n) is 6.45. The Labute approximate surface area is 103 Å². The Morgan fingerprint density at radius 3 is 3.06 bits per heavy atom. The maximum Gasteiger partial charge on any atom is 0.126 e. The van der Waals surface area contributed by atoms with E-state index in [0.29, 0.717) is 6.04 Å². The van der Waals surface area contributed by atoms with E-state index >= 15 is 0 Å². The highest BCUT2D eigenvalue weighted by Crippen LogP contribution is 2.09. The van der Waals surface area contributed by atoms with E-state index in [0.717, 1.165) is 31.6 Å². The maximum absolute atomic E-state index is 13.1. The zero-order valence-electron chi connectivity index (χ0n) is 10.4. The summed E-state index contributed by atoms with van der Waals surface area (Å²) in [4.78, 5) is 0. The summed E-state index contributed by atoms with van der Waals surface area (Å²) < 4.78 is 13.1. The Morgan fingerprint density at radius 1 is 1.47 bits per heavy atom. The van der Waals surface area contributed by atoms with Crippen molar-refractivity contribution in [2.75, 3.05) is 19.6 Å². The SMILES string of the molecule is Cc1cc(CCNCC2CCCN2)ccc1F. The van der Waals surface area contributed by atoms with Gasteiger partial charge in [-0.15, -0.1) is 0 Å². The third-order valence-corrected chi connectivity index (χ3v) is 3.37. The first-order valence-corrected chi connectivity index (χ1v) is 6.45. The third kappa shape index (κ3) is 3.79. The first kappa shape index (κ1) is 12.5. The molecule has 0 radical (unpaired) electrons. The molecule has 2 rings (SSSR count). The zero-order valence-corrected chi connectivity index (χ0v) is 10.4. The molecule has 1 aliphatic heterocycles. The summed E-state index contributed by atoms with van der Waals surface area (Å²) in [5, 5.41) is 6.91.